The Kier molecular flexibility index (Phi) is 43.0. The zero-order valence-corrected chi connectivity index (χ0v) is 40.8. The van der Waals surface area contributed by atoms with Crippen molar-refractivity contribution in [1.29, 1.82) is 0 Å². The van der Waals surface area contributed by atoms with E-state index < -0.39 is 43.4 Å². The molecule has 0 bridgehead atoms. The highest BCUT2D eigenvalue weighted by Gasteiger charge is 2.44. The summed E-state index contributed by atoms with van der Waals surface area (Å²) in [6, 6.07) is 0. The first-order valence-electron chi connectivity index (χ1n) is 26.6. The van der Waals surface area contributed by atoms with Gasteiger partial charge in [0.05, 0.1) is 19.8 Å². The zero-order valence-electron chi connectivity index (χ0n) is 40.8. The lowest BCUT2D eigenvalue weighted by Crippen LogP contribution is -2.59. The second-order valence-electron chi connectivity index (χ2n) is 18.3. The van der Waals surface area contributed by atoms with Crippen molar-refractivity contribution in [2.75, 3.05) is 26.4 Å². The Balaban J connectivity index is 2.17. The Morgan fingerprint density at radius 1 is 0.508 bits per heavy atom. The van der Waals surface area contributed by atoms with Gasteiger partial charge in [0, 0.05) is 13.0 Å². The average molecular weight is 893 g/mol. The molecular weight excluding hydrogens is 793 g/mol. The lowest BCUT2D eigenvalue weighted by Gasteiger charge is -2.39. The van der Waals surface area contributed by atoms with Gasteiger partial charge < -0.3 is 39.4 Å². The molecule has 0 aromatic carbocycles. The number of carbonyl (C=O) groups is 1. The molecule has 9 nitrogen and oxygen atoms in total. The van der Waals surface area contributed by atoms with E-state index in [0.29, 0.717) is 13.0 Å². The van der Waals surface area contributed by atoms with Crippen LogP contribution in [0.25, 0.3) is 0 Å². The third kappa shape index (κ3) is 36.2. The van der Waals surface area contributed by atoms with Crippen molar-refractivity contribution < 1.29 is 44.2 Å². The van der Waals surface area contributed by atoms with Crippen LogP contribution in [0.1, 0.15) is 239 Å². The lowest BCUT2D eigenvalue weighted by molar-refractivity contribution is -0.305. The third-order valence-electron chi connectivity index (χ3n) is 12.3. The highest BCUT2D eigenvalue weighted by Crippen LogP contribution is 2.23. The Labute approximate surface area is 387 Å². The van der Waals surface area contributed by atoms with Crippen LogP contribution in [-0.4, -0.2) is 89.6 Å². The predicted octanol–water partition coefficient (Wildman–Crippen LogP) is 13.1. The van der Waals surface area contributed by atoms with Crippen molar-refractivity contribution in [1.82, 2.24) is 0 Å². The topological polar surface area (TPSA) is 135 Å². The summed E-state index contributed by atoms with van der Waals surface area (Å²) >= 11 is 0. The second-order valence-corrected chi connectivity index (χ2v) is 18.3. The number of esters is 1. The second kappa shape index (κ2) is 45.6. The first-order chi connectivity index (χ1) is 30.9. The normalized spacial score (nSPS) is 19.9. The van der Waals surface area contributed by atoms with Gasteiger partial charge in [-0.2, -0.15) is 0 Å². The van der Waals surface area contributed by atoms with Crippen LogP contribution in [0, 0.1) is 0 Å². The summed E-state index contributed by atoms with van der Waals surface area (Å²) in [7, 11) is 0. The Hall–Kier alpha value is -1.59. The molecule has 0 aliphatic carbocycles. The van der Waals surface area contributed by atoms with Crippen molar-refractivity contribution in [3.05, 3.63) is 36.5 Å². The Morgan fingerprint density at radius 2 is 0.921 bits per heavy atom. The van der Waals surface area contributed by atoms with Crippen molar-refractivity contribution in [2.45, 2.75) is 275 Å². The number of carbonyl (C=O) groups excluding carboxylic acids is 1. The maximum Gasteiger partial charge on any atom is 0.306 e. The molecule has 63 heavy (non-hydrogen) atoms. The van der Waals surface area contributed by atoms with Gasteiger partial charge in [-0.1, -0.05) is 198 Å². The van der Waals surface area contributed by atoms with Crippen LogP contribution in [0.5, 0.6) is 0 Å². The molecule has 6 atom stereocenters. The van der Waals surface area contributed by atoms with Crippen LogP contribution in [0.3, 0.4) is 0 Å². The molecule has 0 aromatic rings. The van der Waals surface area contributed by atoms with Crippen LogP contribution in [0.15, 0.2) is 36.5 Å². The van der Waals surface area contributed by atoms with E-state index in [0.717, 1.165) is 57.8 Å². The molecule has 1 heterocycles. The van der Waals surface area contributed by atoms with Gasteiger partial charge in [0.1, 0.15) is 30.5 Å². The highest BCUT2D eigenvalue weighted by atomic mass is 16.7. The van der Waals surface area contributed by atoms with Gasteiger partial charge in [-0.05, 0) is 70.6 Å². The van der Waals surface area contributed by atoms with Gasteiger partial charge in [-0.25, -0.2) is 0 Å². The summed E-state index contributed by atoms with van der Waals surface area (Å²) in [6.07, 6.45) is 49.0. The summed E-state index contributed by atoms with van der Waals surface area (Å²) < 4.78 is 22.9. The minimum absolute atomic E-state index is 0.118. The number of allylic oxidation sites excluding steroid dienone is 6. The molecule has 0 spiro atoms. The van der Waals surface area contributed by atoms with E-state index in [1.807, 2.05) is 0 Å². The standard InChI is InChI=1S/C54H100O9/c1-3-5-7-9-11-13-15-17-19-21-22-23-24-25-26-27-28-30-32-34-36-38-40-42-44-60-46-48(47-61-54-53(59)52(58)51(57)49(45-55)63-54)62-50(56)43-41-39-37-35-33-31-29-20-18-16-14-12-10-8-6-4-2/h14,16,20-22,29,48-49,51-55,57-59H,3-13,15,17-19,23-28,30-47H2,1-2H3/b16-14-,22-21-,29-20-. The van der Waals surface area contributed by atoms with Gasteiger partial charge in [-0.15, -0.1) is 0 Å². The van der Waals surface area contributed by atoms with Crippen LogP contribution >= 0.6 is 0 Å². The number of rotatable bonds is 46. The first-order valence-corrected chi connectivity index (χ1v) is 26.6. The molecule has 370 valence electrons. The molecule has 0 radical (unpaired) electrons. The molecule has 0 aromatic heterocycles. The third-order valence-corrected chi connectivity index (χ3v) is 12.3. The number of hydrogen-bond donors (Lipinski definition) is 4. The molecule has 1 aliphatic rings. The maximum atomic E-state index is 12.8. The predicted molar refractivity (Wildman–Crippen MR) is 261 cm³/mol. The van der Waals surface area contributed by atoms with Crippen molar-refractivity contribution in [3.8, 4) is 0 Å². The summed E-state index contributed by atoms with van der Waals surface area (Å²) in [6.45, 7) is 4.55. The van der Waals surface area contributed by atoms with Gasteiger partial charge in [0.15, 0.2) is 6.29 Å². The molecule has 1 saturated heterocycles. The summed E-state index contributed by atoms with van der Waals surface area (Å²) in [5.74, 6) is -0.324. The average Bonchev–Trinajstić information content (AvgIpc) is 3.28. The lowest BCUT2D eigenvalue weighted by atomic mass is 9.99. The van der Waals surface area contributed by atoms with E-state index >= 15 is 0 Å². The molecule has 1 rings (SSSR count). The minimum Gasteiger partial charge on any atom is -0.457 e. The molecule has 0 amide bonds. The molecule has 6 unspecified atom stereocenters. The number of ether oxygens (including phenoxy) is 4. The maximum absolute atomic E-state index is 12.8. The van der Waals surface area contributed by atoms with Crippen LogP contribution in [-0.2, 0) is 23.7 Å². The van der Waals surface area contributed by atoms with Gasteiger partial charge >= 0.3 is 5.97 Å². The quantitative estimate of drug-likeness (QED) is 0.0268. The minimum atomic E-state index is -1.54. The van der Waals surface area contributed by atoms with Crippen molar-refractivity contribution in [2.24, 2.45) is 0 Å². The van der Waals surface area contributed by atoms with Crippen molar-refractivity contribution in [3.63, 3.8) is 0 Å². The number of aliphatic hydroxyl groups excluding tert-OH is 4. The van der Waals surface area contributed by atoms with E-state index in [-0.39, 0.29) is 19.2 Å². The van der Waals surface area contributed by atoms with E-state index in [4.69, 9.17) is 18.9 Å². The fourth-order valence-corrected chi connectivity index (χ4v) is 8.11. The number of aliphatic hydroxyl groups is 4. The van der Waals surface area contributed by atoms with Crippen LogP contribution < -0.4 is 0 Å². The van der Waals surface area contributed by atoms with E-state index in [9.17, 15) is 25.2 Å². The smallest absolute Gasteiger partial charge is 0.306 e. The van der Waals surface area contributed by atoms with Crippen molar-refractivity contribution >= 4 is 5.97 Å². The van der Waals surface area contributed by atoms with E-state index in [1.165, 1.54) is 161 Å². The van der Waals surface area contributed by atoms with Gasteiger partial charge in [0.25, 0.3) is 0 Å². The SMILES string of the molecule is CCCCCC/C=C\C/C=C\CCCCCCCC(=O)OC(COCCCCCCCCCCCCCC/C=C\CCCCCCCCCC)COC1OC(CO)C(O)C(O)C1O. The van der Waals surface area contributed by atoms with Gasteiger partial charge in [0.2, 0.25) is 0 Å². The number of hydrogen-bond acceptors (Lipinski definition) is 9. The fraction of sp³-hybridized carbons (Fsp3) is 0.870. The highest BCUT2D eigenvalue weighted by molar-refractivity contribution is 5.69. The van der Waals surface area contributed by atoms with Crippen LogP contribution in [0.4, 0.5) is 0 Å². The number of unbranched alkanes of at least 4 members (excludes halogenated alkanes) is 29. The molecule has 1 aliphatic heterocycles. The van der Waals surface area contributed by atoms with Crippen LogP contribution in [0.2, 0.25) is 0 Å². The molecule has 4 N–H and O–H groups in total. The monoisotopic (exact) mass is 893 g/mol. The van der Waals surface area contributed by atoms with E-state index in [1.54, 1.807) is 0 Å². The molecule has 9 heteroatoms. The summed E-state index contributed by atoms with van der Waals surface area (Å²) in [5, 5.41) is 40.2. The zero-order chi connectivity index (χ0) is 45.7. The van der Waals surface area contributed by atoms with E-state index in [2.05, 4.69) is 50.3 Å². The Bertz CT molecular complexity index is 1060. The summed E-state index contributed by atoms with van der Waals surface area (Å²) in [4.78, 5) is 12.8. The molecular formula is C54H100O9. The van der Waals surface area contributed by atoms with Gasteiger partial charge in [-0.3, -0.25) is 4.79 Å². The first kappa shape index (κ1) is 59.4. The molecule has 0 saturated carbocycles. The Morgan fingerprint density at radius 3 is 1.40 bits per heavy atom. The largest absolute Gasteiger partial charge is 0.457 e. The fourth-order valence-electron chi connectivity index (χ4n) is 8.11. The summed E-state index contributed by atoms with van der Waals surface area (Å²) in [5.41, 5.74) is 0. The molecule has 1 fully saturated rings.